The van der Waals surface area contributed by atoms with Gasteiger partial charge in [-0.3, -0.25) is 14.9 Å². The number of carbonyl (C=O) groups is 1. The molecule has 2 aromatic rings. The van der Waals surface area contributed by atoms with Crippen LogP contribution in [0.15, 0.2) is 47.4 Å². The monoisotopic (exact) mass is 417 g/mol. The Balaban J connectivity index is 2.10. The number of nitrogens with zero attached hydrogens (tertiary/aromatic N) is 1. The third-order valence-electron chi connectivity index (χ3n) is 3.60. The molecule has 0 saturated heterocycles. The van der Waals surface area contributed by atoms with Crippen LogP contribution in [0.3, 0.4) is 0 Å². The summed E-state index contributed by atoms with van der Waals surface area (Å²) < 4.78 is 64.3. The summed E-state index contributed by atoms with van der Waals surface area (Å²) >= 11 is 0. The quantitative estimate of drug-likeness (QED) is 0.553. The number of hydrogen-bond acceptors (Lipinski definition) is 5. The van der Waals surface area contributed by atoms with Crippen LogP contribution < -0.4 is 10.0 Å². The molecule has 2 aromatic carbocycles. The molecule has 1 amide bonds. The number of carbonyl (C=O) groups excluding carboxylic acids is 1. The van der Waals surface area contributed by atoms with Crippen molar-refractivity contribution in [3.8, 4) is 0 Å². The first-order chi connectivity index (χ1) is 12.9. The molecule has 0 saturated carbocycles. The van der Waals surface area contributed by atoms with E-state index >= 15 is 0 Å². The summed E-state index contributed by atoms with van der Waals surface area (Å²) in [6.07, 6.45) is -4.72. The van der Waals surface area contributed by atoms with Gasteiger partial charge in [0.1, 0.15) is 0 Å². The maximum Gasteiger partial charge on any atom is 0.416 e. The van der Waals surface area contributed by atoms with Crippen molar-refractivity contribution in [2.75, 3.05) is 11.9 Å². The first-order valence-electron chi connectivity index (χ1n) is 7.62. The predicted molar refractivity (Wildman–Crippen MR) is 93.1 cm³/mol. The molecule has 0 spiro atoms. The predicted octanol–water partition coefficient (Wildman–Crippen LogP) is 2.84. The number of halogens is 3. The van der Waals surface area contributed by atoms with Gasteiger partial charge in [0.15, 0.2) is 0 Å². The fourth-order valence-corrected chi connectivity index (χ4v) is 3.16. The molecular formula is C16H14F3N3O5S. The Labute approximate surface area is 157 Å². The van der Waals surface area contributed by atoms with E-state index in [1.54, 1.807) is 6.92 Å². The van der Waals surface area contributed by atoms with Gasteiger partial charge in [0.05, 0.1) is 27.6 Å². The number of non-ortho nitro benzene ring substituents is 1. The molecule has 12 heteroatoms. The molecule has 0 radical (unpaired) electrons. The van der Waals surface area contributed by atoms with E-state index in [1.165, 1.54) is 12.1 Å². The Morgan fingerprint density at radius 1 is 1.18 bits per heavy atom. The number of aryl methyl sites for hydroxylation is 1. The zero-order valence-corrected chi connectivity index (χ0v) is 15.1. The van der Waals surface area contributed by atoms with E-state index in [-0.39, 0.29) is 11.4 Å². The summed E-state index contributed by atoms with van der Waals surface area (Å²) in [5, 5.41) is 13.1. The molecule has 0 aliphatic carbocycles. The van der Waals surface area contributed by atoms with Crippen molar-refractivity contribution >= 4 is 27.3 Å². The lowest BCUT2D eigenvalue weighted by Gasteiger charge is -2.11. The highest BCUT2D eigenvalue weighted by atomic mass is 32.2. The van der Waals surface area contributed by atoms with Crippen LogP contribution in [0, 0.1) is 17.0 Å². The minimum absolute atomic E-state index is 0.109. The van der Waals surface area contributed by atoms with Crippen LogP contribution >= 0.6 is 0 Å². The van der Waals surface area contributed by atoms with Crippen LogP contribution in [-0.4, -0.2) is 25.8 Å². The zero-order chi connectivity index (χ0) is 21.1. The van der Waals surface area contributed by atoms with Crippen molar-refractivity contribution in [3.63, 3.8) is 0 Å². The average Bonchev–Trinajstić information content (AvgIpc) is 2.61. The lowest BCUT2D eigenvalue weighted by molar-refractivity contribution is -0.384. The van der Waals surface area contributed by atoms with Crippen LogP contribution in [0.4, 0.5) is 24.5 Å². The van der Waals surface area contributed by atoms with Crippen LogP contribution in [-0.2, 0) is 21.0 Å². The second-order valence-electron chi connectivity index (χ2n) is 5.65. The number of amides is 1. The van der Waals surface area contributed by atoms with Gasteiger partial charge in [-0.15, -0.1) is 0 Å². The first-order valence-corrected chi connectivity index (χ1v) is 9.10. The van der Waals surface area contributed by atoms with Crippen molar-refractivity contribution in [1.82, 2.24) is 4.72 Å². The van der Waals surface area contributed by atoms with Gasteiger partial charge in [-0.2, -0.15) is 13.2 Å². The normalized spacial score (nSPS) is 11.9. The van der Waals surface area contributed by atoms with Gasteiger partial charge >= 0.3 is 6.18 Å². The molecule has 150 valence electrons. The maximum atomic E-state index is 12.7. The van der Waals surface area contributed by atoms with Crippen LogP contribution in [0.1, 0.15) is 11.1 Å². The summed E-state index contributed by atoms with van der Waals surface area (Å²) in [5.41, 5.74) is -0.811. The Hall–Kier alpha value is -2.99. The molecule has 0 unspecified atom stereocenters. The molecule has 0 fully saturated rings. The van der Waals surface area contributed by atoms with Crippen molar-refractivity contribution in [3.05, 3.63) is 63.7 Å². The molecule has 2 N–H and O–H groups in total. The molecule has 0 atom stereocenters. The number of nitrogens with one attached hydrogen (secondary N) is 2. The number of rotatable bonds is 6. The van der Waals surface area contributed by atoms with Gasteiger partial charge in [-0.1, -0.05) is 12.1 Å². The summed E-state index contributed by atoms with van der Waals surface area (Å²) in [7, 11) is -4.38. The molecule has 2 rings (SSSR count). The zero-order valence-electron chi connectivity index (χ0n) is 14.3. The molecule has 0 bridgehead atoms. The third-order valence-corrected chi connectivity index (χ3v) is 5.00. The Bertz CT molecular complexity index is 1020. The first kappa shape index (κ1) is 21.3. The van der Waals surface area contributed by atoms with Gasteiger partial charge in [0, 0.05) is 12.1 Å². The number of nitro groups is 1. The fraction of sp³-hybridized carbons (Fsp3) is 0.188. The van der Waals surface area contributed by atoms with Gasteiger partial charge < -0.3 is 5.32 Å². The standard InChI is InChI=1S/C16H14F3N3O5S/c1-10-5-6-12(22(24)25)8-14(10)21-15(23)9-20-28(26,27)13-4-2-3-11(7-13)16(17,18)19/h2-8,20H,9H2,1H3,(H,21,23). The molecular weight excluding hydrogens is 403 g/mol. The molecule has 0 aliphatic rings. The van der Waals surface area contributed by atoms with Crippen LogP contribution in [0.5, 0.6) is 0 Å². The van der Waals surface area contributed by atoms with E-state index in [0.29, 0.717) is 11.6 Å². The molecule has 28 heavy (non-hydrogen) atoms. The average molecular weight is 417 g/mol. The Morgan fingerprint density at radius 3 is 2.46 bits per heavy atom. The van der Waals surface area contributed by atoms with Crippen molar-refractivity contribution in [2.45, 2.75) is 18.0 Å². The van der Waals surface area contributed by atoms with E-state index < -0.39 is 44.0 Å². The lowest BCUT2D eigenvalue weighted by atomic mass is 10.2. The van der Waals surface area contributed by atoms with E-state index in [1.807, 2.05) is 4.72 Å². The van der Waals surface area contributed by atoms with Crippen LogP contribution in [0.2, 0.25) is 0 Å². The van der Waals surface area contributed by atoms with E-state index in [4.69, 9.17) is 0 Å². The molecule has 0 heterocycles. The lowest BCUT2D eigenvalue weighted by Crippen LogP contribution is -2.33. The van der Waals surface area contributed by atoms with Gasteiger partial charge in [0.2, 0.25) is 15.9 Å². The van der Waals surface area contributed by atoms with Gasteiger partial charge in [0.25, 0.3) is 5.69 Å². The fourth-order valence-electron chi connectivity index (χ4n) is 2.14. The third kappa shape index (κ3) is 5.27. The van der Waals surface area contributed by atoms with E-state index in [0.717, 1.165) is 24.3 Å². The summed E-state index contributed by atoms with van der Waals surface area (Å²) in [6, 6.07) is 6.81. The minimum atomic E-state index is -4.72. The summed E-state index contributed by atoms with van der Waals surface area (Å²) in [5.74, 6) is -0.848. The number of nitro benzene ring substituents is 1. The Kier molecular flexibility index (Phi) is 6.04. The summed E-state index contributed by atoms with van der Waals surface area (Å²) in [6.45, 7) is 0.798. The van der Waals surface area contributed by atoms with Crippen molar-refractivity contribution < 1.29 is 31.3 Å². The second-order valence-corrected chi connectivity index (χ2v) is 7.42. The number of anilines is 1. The maximum absolute atomic E-state index is 12.7. The second kappa shape index (κ2) is 7.94. The smallest absolute Gasteiger partial charge is 0.324 e. The largest absolute Gasteiger partial charge is 0.416 e. The minimum Gasteiger partial charge on any atom is -0.324 e. The van der Waals surface area contributed by atoms with E-state index in [9.17, 15) is 36.5 Å². The van der Waals surface area contributed by atoms with Gasteiger partial charge in [-0.05, 0) is 30.7 Å². The highest BCUT2D eigenvalue weighted by molar-refractivity contribution is 7.89. The highest BCUT2D eigenvalue weighted by Gasteiger charge is 2.31. The molecule has 8 nitrogen and oxygen atoms in total. The van der Waals surface area contributed by atoms with Crippen LogP contribution in [0.25, 0.3) is 0 Å². The van der Waals surface area contributed by atoms with Crippen molar-refractivity contribution in [2.24, 2.45) is 0 Å². The highest BCUT2D eigenvalue weighted by Crippen LogP contribution is 2.30. The Morgan fingerprint density at radius 2 is 1.86 bits per heavy atom. The number of benzene rings is 2. The summed E-state index contributed by atoms with van der Waals surface area (Å²) in [4.78, 5) is 21.4. The van der Waals surface area contributed by atoms with E-state index in [2.05, 4.69) is 5.32 Å². The van der Waals surface area contributed by atoms with Crippen molar-refractivity contribution in [1.29, 1.82) is 0 Å². The SMILES string of the molecule is Cc1ccc([N+](=O)[O-])cc1NC(=O)CNS(=O)(=O)c1cccc(C(F)(F)F)c1. The molecule has 0 aromatic heterocycles. The number of hydrogen-bond donors (Lipinski definition) is 2. The topological polar surface area (TPSA) is 118 Å². The van der Waals surface area contributed by atoms with Gasteiger partial charge in [-0.25, -0.2) is 13.1 Å². The number of sulfonamides is 1. The molecule has 0 aliphatic heterocycles. The number of alkyl halides is 3.